The summed E-state index contributed by atoms with van der Waals surface area (Å²) in [6.07, 6.45) is 2.84. The van der Waals surface area contributed by atoms with E-state index in [9.17, 15) is 9.59 Å². The van der Waals surface area contributed by atoms with Crippen LogP contribution in [-0.4, -0.2) is 10.9 Å². The molecule has 2 N–H and O–H groups in total. The summed E-state index contributed by atoms with van der Waals surface area (Å²) >= 11 is 11.9. The van der Waals surface area contributed by atoms with Crippen LogP contribution in [0.1, 0.15) is 28.9 Å². The Kier molecular flexibility index (Phi) is 4.47. The predicted molar refractivity (Wildman–Crippen MR) is 79.4 cm³/mol. The monoisotopic (exact) mass is 310 g/mol. The van der Waals surface area contributed by atoms with Crippen molar-refractivity contribution in [1.82, 2.24) is 10.3 Å². The number of rotatable bonds is 3. The SMILES string of the molecule is CC(NC(=O)c1c[nH]ccc1=O)c1ccc(Cl)cc1Cl. The van der Waals surface area contributed by atoms with E-state index in [4.69, 9.17) is 23.2 Å². The van der Waals surface area contributed by atoms with Gasteiger partial charge in [0.1, 0.15) is 5.56 Å². The molecule has 1 aromatic carbocycles. The zero-order valence-electron chi connectivity index (χ0n) is 10.6. The van der Waals surface area contributed by atoms with Gasteiger partial charge in [-0.25, -0.2) is 0 Å². The van der Waals surface area contributed by atoms with E-state index in [1.807, 2.05) is 0 Å². The number of carbonyl (C=O) groups excluding carboxylic acids is 1. The molecule has 2 aromatic rings. The van der Waals surface area contributed by atoms with Gasteiger partial charge in [0.05, 0.1) is 6.04 Å². The van der Waals surface area contributed by atoms with E-state index < -0.39 is 5.91 Å². The third-order valence-electron chi connectivity index (χ3n) is 2.85. The molecule has 0 spiro atoms. The molecule has 1 aromatic heterocycles. The summed E-state index contributed by atoms with van der Waals surface area (Å²) < 4.78 is 0. The van der Waals surface area contributed by atoms with Crippen LogP contribution in [0.4, 0.5) is 0 Å². The molecular weight excluding hydrogens is 299 g/mol. The lowest BCUT2D eigenvalue weighted by atomic mass is 10.1. The van der Waals surface area contributed by atoms with Gasteiger partial charge in [0.15, 0.2) is 5.43 Å². The molecule has 1 atom stereocenters. The molecule has 1 heterocycles. The van der Waals surface area contributed by atoms with Crippen molar-refractivity contribution in [2.75, 3.05) is 0 Å². The molecule has 6 heteroatoms. The van der Waals surface area contributed by atoms with E-state index in [1.54, 1.807) is 25.1 Å². The molecule has 0 aliphatic heterocycles. The van der Waals surface area contributed by atoms with Gasteiger partial charge in [0, 0.05) is 28.5 Å². The third kappa shape index (κ3) is 3.21. The van der Waals surface area contributed by atoms with Gasteiger partial charge in [-0.2, -0.15) is 0 Å². The van der Waals surface area contributed by atoms with Crippen LogP contribution >= 0.6 is 23.2 Å². The summed E-state index contributed by atoms with van der Waals surface area (Å²) in [5.41, 5.74) is 0.455. The summed E-state index contributed by atoms with van der Waals surface area (Å²) in [4.78, 5) is 26.3. The zero-order chi connectivity index (χ0) is 14.7. The Morgan fingerprint density at radius 3 is 2.70 bits per heavy atom. The highest BCUT2D eigenvalue weighted by Crippen LogP contribution is 2.26. The van der Waals surface area contributed by atoms with Gasteiger partial charge in [-0.05, 0) is 24.6 Å². The van der Waals surface area contributed by atoms with Gasteiger partial charge >= 0.3 is 0 Å². The first-order chi connectivity index (χ1) is 9.49. The fourth-order valence-corrected chi connectivity index (χ4v) is 2.37. The van der Waals surface area contributed by atoms with Crippen molar-refractivity contribution in [3.8, 4) is 0 Å². The molecule has 0 saturated heterocycles. The Labute approximate surface area is 125 Å². The van der Waals surface area contributed by atoms with E-state index in [2.05, 4.69) is 10.3 Å². The Balaban J connectivity index is 2.20. The molecule has 0 fully saturated rings. The van der Waals surface area contributed by atoms with Crippen LogP contribution in [0.5, 0.6) is 0 Å². The summed E-state index contributed by atoms with van der Waals surface area (Å²) in [5.74, 6) is -0.453. The standard InChI is InChI=1S/C14H12Cl2N2O2/c1-8(10-3-2-9(15)6-12(10)16)18-14(20)11-7-17-5-4-13(11)19/h2-8H,1H3,(H,17,19)(H,18,20). The van der Waals surface area contributed by atoms with Crippen LogP contribution in [0.3, 0.4) is 0 Å². The molecule has 104 valence electrons. The third-order valence-corrected chi connectivity index (χ3v) is 3.41. The molecule has 0 aliphatic rings. The number of carbonyl (C=O) groups is 1. The highest BCUT2D eigenvalue weighted by atomic mass is 35.5. The molecule has 1 unspecified atom stereocenters. The van der Waals surface area contributed by atoms with E-state index in [1.165, 1.54) is 18.5 Å². The lowest BCUT2D eigenvalue weighted by molar-refractivity contribution is 0.0938. The maximum atomic E-state index is 12.0. The average Bonchev–Trinajstić information content (AvgIpc) is 2.38. The number of H-pyrrole nitrogens is 1. The molecule has 0 bridgehead atoms. The van der Waals surface area contributed by atoms with Crippen molar-refractivity contribution in [2.24, 2.45) is 0 Å². The summed E-state index contributed by atoms with van der Waals surface area (Å²) in [7, 11) is 0. The zero-order valence-corrected chi connectivity index (χ0v) is 12.1. The number of benzene rings is 1. The highest BCUT2D eigenvalue weighted by molar-refractivity contribution is 6.35. The average molecular weight is 311 g/mol. The number of amides is 1. The maximum Gasteiger partial charge on any atom is 0.257 e. The van der Waals surface area contributed by atoms with Crippen molar-refractivity contribution in [2.45, 2.75) is 13.0 Å². The van der Waals surface area contributed by atoms with Gasteiger partial charge in [-0.15, -0.1) is 0 Å². The predicted octanol–water partition coefficient (Wildman–Crippen LogP) is 3.17. The van der Waals surface area contributed by atoms with Gasteiger partial charge in [0.25, 0.3) is 5.91 Å². The van der Waals surface area contributed by atoms with Crippen molar-refractivity contribution in [1.29, 1.82) is 0 Å². The van der Waals surface area contributed by atoms with Gasteiger partial charge in [-0.1, -0.05) is 29.3 Å². The first kappa shape index (κ1) is 14.6. The van der Waals surface area contributed by atoms with Crippen LogP contribution in [0.2, 0.25) is 10.0 Å². The minimum absolute atomic E-state index is 0.0597. The number of hydrogen-bond acceptors (Lipinski definition) is 2. The van der Waals surface area contributed by atoms with E-state index in [-0.39, 0.29) is 17.0 Å². The molecule has 1 amide bonds. The maximum absolute atomic E-state index is 12.0. The summed E-state index contributed by atoms with van der Waals surface area (Å²) in [6, 6.07) is 6.00. The molecule has 0 aliphatic carbocycles. The fraction of sp³-hybridized carbons (Fsp3) is 0.143. The quantitative estimate of drug-likeness (QED) is 0.914. The topological polar surface area (TPSA) is 62.0 Å². The number of aromatic nitrogens is 1. The molecule has 0 saturated carbocycles. The Morgan fingerprint density at radius 1 is 1.30 bits per heavy atom. The number of hydrogen-bond donors (Lipinski definition) is 2. The second-order valence-electron chi connectivity index (χ2n) is 4.28. The van der Waals surface area contributed by atoms with Crippen LogP contribution in [-0.2, 0) is 0 Å². The molecule has 20 heavy (non-hydrogen) atoms. The lowest BCUT2D eigenvalue weighted by Gasteiger charge is -2.15. The first-order valence-corrected chi connectivity index (χ1v) is 6.67. The van der Waals surface area contributed by atoms with Crippen LogP contribution < -0.4 is 10.7 Å². The van der Waals surface area contributed by atoms with Crippen LogP contribution in [0.15, 0.2) is 41.5 Å². The van der Waals surface area contributed by atoms with E-state index in [0.717, 1.165) is 5.56 Å². The van der Waals surface area contributed by atoms with Gasteiger partial charge < -0.3 is 10.3 Å². The second kappa shape index (κ2) is 6.11. The van der Waals surface area contributed by atoms with Crippen molar-refractivity contribution < 1.29 is 4.79 Å². The Hall–Kier alpha value is -1.78. The minimum atomic E-state index is -0.453. The summed E-state index contributed by atoms with van der Waals surface area (Å²) in [5, 5.41) is 3.72. The number of halogens is 2. The Morgan fingerprint density at radius 2 is 2.05 bits per heavy atom. The largest absolute Gasteiger partial charge is 0.367 e. The van der Waals surface area contributed by atoms with Gasteiger partial charge in [0.2, 0.25) is 0 Å². The van der Waals surface area contributed by atoms with Gasteiger partial charge in [-0.3, -0.25) is 9.59 Å². The number of nitrogens with one attached hydrogen (secondary N) is 2. The second-order valence-corrected chi connectivity index (χ2v) is 5.13. The van der Waals surface area contributed by atoms with Crippen LogP contribution in [0, 0.1) is 0 Å². The smallest absolute Gasteiger partial charge is 0.257 e. The molecule has 0 radical (unpaired) electrons. The Bertz CT molecular complexity index is 698. The highest BCUT2D eigenvalue weighted by Gasteiger charge is 2.15. The molecule has 4 nitrogen and oxygen atoms in total. The minimum Gasteiger partial charge on any atom is -0.367 e. The molecule has 2 rings (SSSR count). The van der Waals surface area contributed by atoms with Crippen molar-refractivity contribution in [3.05, 3.63) is 68.1 Å². The lowest BCUT2D eigenvalue weighted by Crippen LogP contribution is -2.30. The van der Waals surface area contributed by atoms with Crippen LogP contribution in [0.25, 0.3) is 0 Å². The van der Waals surface area contributed by atoms with Crippen molar-refractivity contribution in [3.63, 3.8) is 0 Å². The van der Waals surface area contributed by atoms with E-state index >= 15 is 0 Å². The molecular formula is C14H12Cl2N2O2. The normalized spacial score (nSPS) is 11.9. The number of aromatic amines is 1. The summed E-state index contributed by atoms with van der Waals surface area (Å²) in [6.45, 7) is 1.78. The first-order valence-electron chi connectivity index (χ1n) is 5.92. The van der Waals surface area contributed by atoms with E-state index in [0.29, 0.717) is 10.0 Å². The van der Waals surface area contributed by atoms with Crippen molar-refractivity contribution >= 4 is 29.1 Å². The fourth-order valence-electron chi connectivity index (χ4n) is 1.80. The number of pyridine rings is 1.